The highest BCUT2D eigenvalue weighted by Gasteiger charge is 2.27. The number of carbonyl (C=O) groups excluding carboxylic acids is 2. The van der Waals surface area contributed by atoms with Crippen LogP contribution in [0.5, 0.6) is 0 Å². The van der Waals surface area contributed by atoms with E-state index in [0.29, 0.717) is 5.69 Å². The van der Waals surface area contributed by atoms with Crippen LogP contribution in [-0.2, 0) is 19.1 Å². The minimum Gasteiger partial charge on any atom is -0.460 e. The molecule has 1 unspecified atom stereocenters. The fraction of sp³-hybridized carbons (Fsp3) is 0.462. The standard InChI is InChI=1S/C13H17NO4/c1-4-11(15)18-12(13(16)17-9(2)3)10-7-5-6-8-14-10/h5-9,12H,4H2,1-3H3. The molecule has 0 saturated carbocycles. The molecule has 0 radical (unpaired) electrons. The second kappa shape index (κ2) is 6.74. The van der Waals surface area contributed by atoms with Gasteiger partial charge in [-0.25, -0.2) is 4.79 Å². The van der Waals surface area contributed by atoms with Gasteiger partial charge >= 0.3 is 11.9 Å². The van der Waals surface area contributed by atoms with E-state index >= 15 is 0 Å². The first-order valence-electron chi connectivity index (χ1n) is 5.85. The van der Waals surface area contributed by atoms with Gasteiger partial charge in [-0.05, 0) is 26.0 Å². The molecule has 0 bridgehead atoms. The molecule has 0 aliphatic rings. The first kappa shape index (κ1) is 14.2. The van der Waals surface area contributed by atoms with Gasteiger partial charge in [-0.3, -0.25) is 9.78 Å². The fourth-order valence-corrected chi connectivity index (χ4v) is 1.27. The summed E-state index contributed by atoms with van der Waals surface area (Å²) in [5.74, 6) is -1.07. The zero-order valence-electron chi connectivity index (χ0n) is 10.8. The Morgan fingerprint density at radius 2 is 2.00 bits per heavy atom. The zero-order valence-corrected chi connectivity index (χ0v) is 10.8. The average Bonchev–Trinajstić information content (AvgIpc) is 2.35. The highest BCUT2D eigenvalue weighted by atomic mass is 16.6. The number of rotatable bonds is 5. The third-order valence-electron chi connectivity index (χ3n) is 2.06. The number of carbonyl (C=O) groups is 2. The molecule has 1 aromatic rings. The van der Waals surface area contributed by atoms with Gasteiger partial charge in [0.15, 0.2) is 0 Å². The molecule has 0 aromatic carbocycles. The quantitative estimate of drug-likeness (QED) is 0.749. The highest BCUT2D eigenvalue weighted by Crippen LogP contribution is 2.18. The fourth-order valence-electron chi connectivity index (χ4n) is 1.27. The van der Waals surface area contributed by atoms with Crippen molar-refractivity contribution in [3.8, 4) is 0 Å². The predicted octanol–water partition coefficient (Wildman–Crippen LogP) is 2.03. The lowest BCUT2D eigenvalue weighted by molar-refractivity contribution is -0.171. The summed E-state index contributed by atoms with van der Waals surface area (Å²) < 4.78 is 10.1. The van der Waals surface area contributed by atoms with E-state index in [4.69, 9.17) is 9.47 Å². The third kappa shape index (κ3) is 4.16. The Bertz CT molecular complexity index is 403. The molecule has 0 aliphatic carbocycles. The van der Waals surface area contributed by atoms with Crippen LogP contribution in [0, 0.1) is 0 Å². The Balaban J connectivity index is 2.88. The molecule has 1 heterocycles. The number of esters is 2. The summed E-state index contributed by atoms with van der Waals surface area (Å²) in [4.78, 5) is 27.2. The van der Waals surface area contributed by atoms with Crippen molar-refractivity contribution >= 4 is 11.9 Å². The Kier molecular flexibility index (Phi) is 5.30. The van der Waals surface area contributed by atoms with Gasteiger partial charge in [-0.1, -0.05) is 13.0 Å². The molecule has 0 amide bonds. The van der Waals surface area contributed by atoms with Crippen LogP contribution in [0.25, 0.3) is 0 Å². The van der Waals surface area contributed by atoms with Crippen molar-refractivity contribution in [2.75, 3.05) is 0 Å². The molecule has 1 aromatic heterocycles. The summed E-state index contributed by atoms with van der Waals surface area (Å²) in [6.45, 7) is 5.12. The van der Waals surface area contributed by atoms with Crippen molar-refractivity contribution in [1.29, 1.82) is 0 Å². The number of hydrogen-bond donors (Lipinski definition) is 0. The first-order valence-corrected chi connectivity index (χ1v) is 5.85. The lowest BCUT2D eigenvalue weighted by atomic mass is 10.2. The third-order valence-corrected chi connectivity index (χ3v) is 2.06. The van der Waals surface area contributed by atoms with E-state index in [9.17, 15) is 9.59 Å². The molecule has 1 rings (SSSR count). The van der Waals surface area contributed by atoms with Gasteiger partial charge in [0.25, 0.3) is 0 Å². The number of nitrogens with zero attached hydrogens (tertiary/aromatic N) is 1. The lowest BCUT2D eigenvalue weighted by Crippen LogP contribution is -2.24. The number of ether oxygens (including phenoxy) is 2. The van der Waals surface area contributed by atoms with Crippen LogP contribution in [0.1, 0.15) is 39.0 Å². The molecule has 18 heavy (non-hydrogen) atoms. The maximum Gasteiger partial charge on any atom is 0.354 e. The Hall–Kier alpha value is -1.91. The van der Waals surface area contributed by atoms with Crippen LogP contribution in [-0.4, -0.2) is 23.0 Å². The highest BCUT2D eigenvalue weighted by molar-refractivity contribution is 5.80. The topological polar surface area (TPSA) is 65.5 Å². The summed E-state index contributed by atoms with van der Waals surface area (Å²) in [6, 6.07) is 5.06. The summed E-state index contributed by atoms with van der Waals surface area (Å²) in [5.41, 5.74) is 0.366. The molecule has 0 spiro atoms. The summed E-state index contributed by atoms with van der Waals surface area (Å²) in [7, 11) is 0. The van der Waals surface area contributed by atoms with Crippen LogP contribution < -0.4 is 0 Å². The summed E-state index contributed by atoms with van der Waals surface area (Å²) in [6.07, 6.45) is 0.355. The molecule has 5 heteroatoms. The second-order valence-electron chi connectivity index (χ2n) is 3.96. The van der Waals surface area contributed by atoms with E-state index in [1.54, 1.807) is 39.0 Å². The summed E-state index contributed by atoms with van der Waals surface area (Å²) >= 11 is 0. The van der Waals surface area contributed by atoms with Gasteiger partial charge in [0.05, 0.1) is 11.8 Å². The number of pyridine rings is 1. The van der Waals surface area contributed by atoms with Crippen LogP contribution in [0.2, 0.25) is 0 Å². The van der Waals surface area contributed by atoms with E-state index in [2.05, 4.69) is 4.98 Å². The summed E-state index contributed by atoms with van der Waals surface area (Å²) in [5, 5.41) is 0. The Morgan fingerprint density at radius 3 is 2.50 bits per heavy atom. The zero-order chi connectivity index (χ0) is 13.5. The van der Waals surface area contributed by atoms with Gasteiger partial charge in [-0.2, -0.15) is 0 Å². The van der Waals surface area contributed by atoms with Crippen molar-refractivity contribution in [2.45, 2.75) is 39.4 Å². The van der Waals surface area contributed by atoms with Crippen LogP contribution in [0.3, 0.4) is 0 Å². The van der Waals surface area contributed by atoms with E-state index in [1.165, 1.54) is 6.20 Å². The van der Waals surface area contributed by atoms with E-state index in [0.717, 1.165) is 0 Å². The molecular weight excluding hydrogens is 234 g/mol. The van der Waals surface area contributed by atoms with Gasteiger partial charge in [-0.15, -0.1) is 0 Å². The number of aromatic nitrogens is 1. The van der Waals surface area contributed by atoms with Gasteiger partial charge in [0.2, 0.25) is 6.10 Å². The second-order valence-corrected chi connectivity index (χ2v) is 3.96. The molecule has 98 valence electrons. The van der Waals surface area contributed by atoms with E-state index in [-0.39, 0.29) is 12.5 Å². The minimum absolute atomic E-state index is 0.193. The molecule has 5 nitrogen and oxygen atoms in total. The largest absolute Gasteiger partial charge is 0.460 e. The molecule has 0 fully saturated rings. The van der Waals surface area contributed by atoms with Gasteiger partial charge < -0.3 is 9.47 Å². The molecule has 1 atom stereocenters. The van der Waals surface area contributed by atoms with Crippen LogP contribution in [0.15, 0.2) is 24.4 Å². The smallest absolute Gasteiger partial charge is 0.354 e. The monoisotopic (exact) mass is 251 g/mol. The molecule has 0 aliphatic heterocycles. The predicted molar refractivity (Wildman–Crippen MR) is 64.6 cm³/mol. The van der Waals surface area contributed by atoms with Crippen molar-refractivity contribution < 1.29 is 19.1 Å². The maximum atomic E-state index is 11.9. The normalized spacial score (nSPS) is 12.0. The first-order chi connectivity index (χ1) is 8.54. The van der Waals surface area contributed by atoms with Gasteiger partial charge in [0, 0.05) is 12.6 Å². The van der Waals surface area contributed by atoms with E-state index < -0.39 is 18.0 Å². The van der Waals surface area contributed by atoms with Crippen molar-refractivity contribution in [3.63, 3.8) is 0 Å². The van der Waals surface area contributed by atoms with Crippen molar-refractivity contribution in [1.82, 2.24) is 4.98 Å². The van der Waals surface area contributed by atoms with Crippen molar-refractivity contribution in [3.05, 3.63) is 30.1 Å². The Labute approximate surface area is 106 Å². The number of hydrogen-bond acceptors (Lipinski definition) is 5. The Morgan fingerprint density at radius 1 is 1.28 bits per heavy atom. The molecule has 0 N–H and O–H groups in total. The van der Waals surface area contributed by atoms with Crippen molar-refractivity contribution in [2.24, 2.45) is 0 Å². The molecular formula is C13H17NO4. The van der Waals surface area contributed by atoms with Crippen LogP contribution >= 0.6 is 0 Å². The lowest BCUT2D eigenvalue weighted by Gasteiger charge is -2.17. The maximum absolute atomic E-state index is 11.9. The average molecular weight is 251 g/mol. The molecule has 0 saturated heterocycles. The van der Waals surface area contributed by atoms with Gasteiger partial charge in [0.1, 0.15) is 0 Å². The SMILES string of the molecule is CCC(=O)OC(C(=O)OC(C)C)c1ccccn1. The van der Waals surface area contributed by atoms with E-state index in [1.807, 2.05) is 0 Å². The van der Waals surface area contributed by atoms with Crippen LogP contribution in [0.4, 0.5) is 0 Å². The minimum atomic E-state index is -1.10.